The number of amides is 1. The van der Waals surface area contributed by atoms with Crippen molar-refractivity contribution in [3.8, 4) is 17.2 Å². The molecular weight excluding hydrogens is 334 g/mol. The third kappa shape index (κ3) is 3.89. The number of aromatic hydroxyl groups is 1. The molecule has 1 heterocycles. The molecule has 0 unspecified atom stereocenters. The number of para-hydroxylation sites is 2. The highest BCUT2D eigenvalue weighted by molar-refractivity contribution is 6.02. The Bertz CT molecular complexity index is 881. The van der Waals surface area contributed by atoms with Crippen molar-refractivity contribution in [1.29, 1.82) is 0 Å². The van der Waals surface area contributed by atoms with Gasteiger partial charge in [0, 0.05) is 0 Å². The first-order chi connectivity index (χ1) is 12.0. The van der Waals surface area contributed by atoms with Crippen LogP contribution in [0.4, 0.5) is 14.5 Å². The zero-order valence-corrected chi connectivity index (χ0v) is 12.6. The highest BCUT2D eigenvalue weighted by Crippen LogP contribution is 2.22. The average Bonchev–Trinajstić information content (AvgIpc) is 3.07. The summed E-state index contributed by atoms with van der Waals surface area (Å²) in [5.41, 5.74) is 0.744. The van der Waals surface area contributed by atoms with E-state index in [4.69, 9.17) is 0 Å². The van der Waals surface area contributed by atoms with Crippen molar-refractivity contribution in [3.05, 3.63) is 60.7 Å². The molecule has 0 radical (unpaired) electrons. The van der Waals surface area contributed by atoms with Gasteiger partial charge in [0.15, 0.2) is 0 Å². The summed E-state index contributed by atoms with van der Waals surface area (Å²) in [4.78, 5) is 16.0. The van der Waals surface area contributed by atoms with Crippen molar-refractivity contribution in [2.45, 2.75) is 6.61 Å². The first-order valence-corrected chi connectivity index (χ1v) is 7.09. The molecule has 0 aliphatic heterocycles. The average molecular weight is 346 g/mol. The number of hydrogen-bond donors (Lipinski definition) is 2. The lowest BCUT2D eigenvalue weighted by Crippen LogP contribution is -2.14. The third-order valence-corrected chi connectivity index (χ3v) is 3.17. The Morgan fingerprint density at radius 1 is 1.16 bits per heavy atom. The van der Waals surface area contributed by atoms with E-state index in [1.54, 1.807) is 12.1 Å². The van der Waals surface area contributed by atoms with E-state index in [1.807, 2.05) is 0 Å². The summed E-state index contributed by atoms with van der Waals surface area (Å²) < 4.78 is 29.8. The number of carbonyl (C=O) groups is 1. The van der Waals surface area contributed by atoms with Gasteiger partial charge in [-0.25, -0.2) is 9.67 Å². The number of nitrogens with one attached hydrogen (secondary N) is 1. The monoisotopic (exact) mass is 346 g/mol. The fourth-order valence-corrected chi connectivity index (χ4v) is 2.03. The quantitative estimate of drug-likeness (QED) is 0.694. The van der Waals surface area contributed by atoms with Crippen LogP contribution in [0.5, 0.6) is 11.5 Å². The van der Waals surface area contributed by atoms with E-state index in [9.17, 15) is 18.7 Å². The lowest BCUT2D eigenvalue weighted by atomic mass is 10.3. The van der Waals surface area contributed by atoms with Gasteiger partial charge in [-0.2, -0.15) is 8.78 Å². The van der Waals surface area contributed by atoms with Crippen molar-refractivity contribution < 1.29 is 23.4 Å². The van der Waals surface area contributed by atoms with Gasteiger partial charge in [0.2, 0.25) is 5.82 Å². The fraction of sp³-hybridized carbons (Fsp3) is 0.0625. The van der Waals surface area contributed by atoms with E-state index in [-0.39, 0.29) is 23.0 Å². The number of hydrogen-bond acceptors (Lipinski definition) is 5. The van der Waals surface area contributed by atoms with Crippen molar-refractivity contribution in [1.82, 2.24) is 14.8 Å². The van der Waals surface area contributed by atoms with Crippen LogP contribution in [0.2, 0.25) is 0 Å². The van der Waals surface area contributed by atoms with Gasteiger partial charge >= 0.3 is 6.61 Å². The van der Waals surface area contributed by atoms with Crippen molar-refractivity contribution in [2.24, 2.45) is 0 Å². The van der Waals surface area contributed by atoms with E-state index in [2.05, 4.69) is 20.1 Å². The van der Waals surface area contributed by atoms with Crippen LogP contribution in [-0.2, 0) is 0 Å². The standard InChI is InChI=1S/C16H12F2N4O3/c17-16(18)25-11-7-5-10(6-8-11)22-9-19-14(21-22)15(24)20-12-3-1-2-4-13(12)23/h1-9,16,23H,(H,20,24). The molecule has 9 heteroatoms. The highest BCUT2D eigenvalue weighted by atomic mass is 19.3. The van der Waals surface area contributed by atoms with E-state index >= 15 is 0 Å². The number of benzene rings is 2. The summed E-state index contributed by atoms with van der Waals surface area (Å²) in [5, 5.41) is 16.2. The highest BCUT2D eigenvalue weighted by Gasteiger charge is 2.14. The molecule has 7 nitrogen and oxygen atoms in total. The second kappa shape index (κ2) is 6.95. The number of ether oxygens (including phenoxy) is 1. The van der Waals surface area contributed by atoms with Crippen molar-refractivity contribution in [2.75, 3.05) is 5.32 Å². The van der Waals surface area contributed by atoms with Gasteiger partial charge in [0.05, 0.1) is 11.4 Å². The molecule has 1 amide bonds. The predicted octanol–water partition coefficient (Wildman–Crippen LogP) is 2.83. The molecule has 1 aromatic heterocycles. The second-order valence-electron chi connectivity index (χ2n) is 4.86. The molecule has 2 aromatic carbocycles. The zero-order valence-electron chi connectivity index (χ0n) is 12.6. The van der Waals surface area contributed by atoms with Crippen LogP contribution in [0.15, 0.2) is 54.9 Å². The van der Waals surface area contributed by atoms with Crippen LogP contribution in [0.25, 0.3) is 5.69 Å². The first-order valence-electron chi connectivity index (χ1n) is 7.09. The van der Waals surface area contributed by atoms with Gasteiger partial charge in [-0.05, 0) is 36.4 Å². The van der Waals surface area contributed by atoms with Gasteiger partial charge in [-0.1, -0.05) is 12.1 Å². The number of halogens is 2. The largest absolute Gasteiger partial charge is 0.506 e. The van der Waals surface area contributed by atoms with Crippen molar-refractivity contribution >= 4 is 11.6 Å². The van der Waals surface area contributed by atoms with Crippen LogP contribution in [-0.4, -0.2) is 32.4 Å². The summed E-state index contributed by atoms with van der Waals surface area (Å²) >= 11 is 0. The maximum absolute atomic E-state index is 12.1. The minimum Gasteiger partial charge on any atom is -0.506 e. The first kappa shape index (κ1) is 16.4. The Labute approximate surface area is 140 Å². The van der Waals surface area contributed by atoms with Gasteiger partial charge < -0.3 is 15.2 Å². The van der Waals surface area contributed by atoms with Gasteiger partial charge in [-0.15, -0.1) is 5.10 Å². The topological polar surface area (TPSA) is 89.3 Å². The van der Waals surface area contributed by atoms with Gasteiger partial charge in [0.1, 0.15) is 17.8 Å². The van der Waals surface area contributed by atoms with E-state index in [0.29, 0.717) is 5.69 Å². The number of anilines is 1. The second-order valence-corrected chi connectivity index (χ2v) is 4.86. The summed E-state index contributed by atoms with van der Waals surface area (Å²) in [7, 11) is 0. The van der Waals surface area contributed by atoms with Gasteiger partial charge in [0.25, 0.3) is 5.91 Å². The molecule has 0 fully saturated rings. The van der Waals surface area contributed by atoms with Crippen LogP contribution >= 0.6 is 0 Å². The molecule has 0 bridgehead atoms. The minimum absolute atomic E-state index is 0.0105. The number of carbonyl (C=O) groups excluding carboxylic acids is 1. The van der Waals surface area contributed by atoms with E-state index in [0.717, 1.165) is 0 Å². The molecule has 128 valence electrons. The number of alkyl halides is 2. The molecule has 0 atom stereocenters. The number of phenols is 1. The maximum atomic E-state index is 12.1. The molecule has 3 rings (SSSR count). The summed E-state index contributed by atoms with van der Waals surface area (Å²) in [6.07, 6.45) is 1.31. The van der Waals surface area contributed by atoms with E-state index in [1.165, 1.54) is 47.4 Å². The Hall–Kier alpha value is -3.49. The van der Waals surface area contributed by atoms with Crippen LogP contribution < -0.4 is 10.1 Å². The smallest absolute Gasteiger partial charge is 0.387 e. The lowest BCUT2D eigenvalue weighted by Gasteiger charge is -2.05. The summed E-state index contributed by atoms with van der Waals surface area (Å²) in [5.74, 6) is -0.782. The molecule has 0 aliphatic rings. The normalized spacial score (nSPS) is 10.7. The Balaban J connectivity index is 1.73. The molecular formula is C16H12F2N4O3. The molecule has 0 saturated carbocycles. The van der Waals surface area contributed by atoms with Gasteiger partial charge in [-0.3, -0.25) is 4.79 Å². The molecule has 0 saturated heterocycles. The number of phenolic OH excluding ortho intramolecular Hbond substituents is 1. The maximum Gasteiger partial charge on any atom is 0.387 e. The molecule has 2 N–H and O–H groups in total. The number of rotatable bonds is 5. The Morgan fingerprint density at radius 3 is 2.56 bits per heavy atom. The molecule has 0 spiro atoms. The molecule has 0 aliphatic carbocycles. The number of nitrogens with zero attached hydrogens (tertiary/aromatic N) is 3. The minimum atomic E-state index is -2.90. The SMILES string of the molecule is O=C(Nc1ccccc1O)c1ncn(-c2ccc(OC(F)F)cc2)n1. The third-order valence-electron chi connectivity index (χ3n) is 3.17. The number of aromatic nitrogens is 3. The zero-order chi connectivity index (χ0) is 17.8. The predicted molar refractivity (Wildman–Crippen MR) is 84.1 cm³/mol. The molecule has 3 aromatic rings. The van der Waals surface area contributed by atoms with Crippen LogP contribution in [0.1, 0.15) is 10.6 Å². The van der Waals surface area contributed by atoms with Crippen molar-refractivity contribution in [3.63, 3.8) is 0 Å². The summed E-state index contributed by atoms with van der Waals surface area (Å²) in [6, 6.07) is 11.9. The van der Waals surface area contributed by atoms with E-state index < -0.39 is 12.5 Å². The lowest BCUT2D eigenvalue weighted by molar-refractivity contribution is -0.0498. The summed E-state index contributed by atoms with van der Waals surface area (Å²) in [6.45, 7) is -2.90. The van der Waals surface area contributed by atoms with Crippen LogP contribution in [0.3, 0.4) is 0 Å². The molecule has 25 heavy (non-hydrogen) atoms. The Morgan fingerprint density at radius 2 is 1.88 bits per heavy atom. The Kier molecular flexibility index (Phi) is 4.55. The van der Waals surface area contributed by atoms with Crippen LogP contribution in [0, 0.1) is 0 Å². The fourth-order valence-electron chi connectivity index (χ4n) is 2.03.